The molecule has 100 valence electrons. The number of nitrogens with one attached hydrogen (secondary N) is 1. The molecule has 17 heavy (non-hydrogen) atoms. The fraction of sp³-hybridized carbons (Fsp3) is 1.00. The van der Waals surface area contributed by atoms with Gasteiger partial charge in [0.25, 0.3) is 0 Å². The molecule has 1 saturated heterocycles. The topological polar surface area (TPSA) is 18.5 Å². The van der Waals surface area contributed by atoms with E-state index >= 15 is 0 Å². The zero-order valence-electron chi connectivity index (χ0n) is 11.4. The summed E-state index contributed by atoms with van der Waals surface area (Å²) < 4.78 is 0.595. The van der Waals surface area contributed by atoms with Crippen molar-refractivity contribution < 1.29 is 0 Å². The number of hydrogen-bond acceptors (Lipinski definition) is 4. The fourth-order valence-corrected chi connectivity index (χ4v) is 3.86. The van der Waals surface area contributed by atoms with Crippen molar-refractivity contribution in [3.05, 3.63) is 0 Å². The monoisotopic (exact) mass is 257 g/mol. The van der Waals surface area contributed by atoms with E-state index in [0.717, 1.165) is 0 Å². The molecule has 2 rings (SSSR count). The largest absolute Gasteiger partial charge is 0.314 e. The highest BCUT2D eigenvalue weighted by Gasteiger charge is 2.36. The molecule has 0 aromatic heterocycles. The van der Waals surface area contributed by atoms with E-state index in [4.69, 9.17) is 0 Å². The van der Waals surface area contributed by atoms with Crippen LogP contribution in [0.2, 0.25) is 0 Å². The summed E-state index contributed by atoms with van der Waals surface area (Å²) in [5.41, 5.74) is 0. The van der Waals surface area contributed by atoms with Gasteiger partial charge in [-0.25, -0.2) is 0 Å². The molecule has 0 amide bonds. The van der Waals surface area contributed by atoms with Crippen LogP contribution in [0.4, 0.5) is 0 Å². The lowest BCUT2D eigenvalue weighted by Gasteiger charge is -2.43. The predicted octanol–water partition coefficient (Wildman–Crippen LogP) is 1.11. The van der Waals surface area contributed by atoms with E-state index in [1.54, 1.807) is 0 Å². The second-order valence-corrected chi connectivity index (χ2v) is 6.84. The summed E-state index contributed by atoms with van der Waals surface area (Å²) in [5, 5.41) is 3.41. The first-order chi connectivity index (χ1) is 8.24. The average Bonchev–Trinajstić information content (AvgIpc) is 2.33. The zero-order chi connectivity index (χ0) is 12.1. The van der Waals surface area contributed by atoms with Crippen molar-refractivity contribution in [2.45, 2.75) is 24.0 Å². The third kappa shape index (κ3) is 3.85. The molecule has 0 aromatic rings. The normalized spacial score (nSPS) is 24.9. The maximum atomic E-state index is 3.41. The molecule has 1 aliphatic heterocycles. The van der Waals surface area contributed by atoms with E-state index < -0.39 is 0 Å². The second kappa shape index (κ2) is 6.41. The van der Waals surface area contributed by atoms with Gasteiger partial charge in [-0.15, -0.1) is 0 Å². The van der Waals surface area contributed by atoms with E-state index in [-0.39, 0.29) is 0 Å². The minimum absolute atomic E-state index is 0.595. The number of piperazine rings is 1. The molecule has 0 unspecified atom stereocenters. The van der Waals surface area contributed by atoms with Gasteiger partial charge in [-0.2, -0.15) is 11.8 Å². The molecule has 1 heterocycles. The van der Waals surface area contributed by atoms with Crippen LogP contribution in [0.15, 0.2) is 0 Å². The Morgan fingerprint density at radius 3 is 2.53 bits per heavy atom. The Balaban J connectivity index is 1.64. The molecule has 0 radical (unpaired) electrons. The standard InChI is InChI=1S/C13H27N3S/c1-15(12-13(17-2)4-3-5-13)10-11-16-8-6-14-7-9-16/h14H,3-12H2,1-2H3. The predicted molar refractivity (Wildman–Crippen MR) is 76.9 cm³/mol. The molecule has 0 aromatic carbocycles. The molecule has 0 spiro atoms. The van der Waals surface area contributed by atoms with Crippen molar-refractivity contribution in [2.24, 2.45) is 0 Å². The van der Waals surface area contributed by atoms with Gasteiger partial charge < -0.3 is 10.2 Å². The Hall–Kier alpha value is 0.230. The Kier molecular flexibility index (Phi) is 5.15. The molecular weight excluding hydrogens is 230 g/mol. The third-order valence-electron chi connectivity index (χ3n) is 4.26. The van der Waals surface area contributed by atoms with Crippen LogP contribution in [0.1, 0.15) is 19.3 Å². The van der Waals surface area contributed by atoms with Crippen LogP contribution in [-0.2, 0) is 0 Å². The summed E-state index contributed by atoms with van der Waals surface area (Å²) in [7, 11) is 2.29. The zero-order valence-corrected chi connectivity index (χ0v) is 12.2. The van der Waals surface area contributed by atoms with Gasteiger partial charge in [0.2, 0.25) is 0 Å². The second-order valence-electron chi connectivity index (χ2n) is 5.57. The maximum Gasteiger partial charge on any atom is 0.0284 e. The number of thioether (sulfide) groups is 1. The van der Waals surface area contributed by atoms with Gasteiger partial charge in [-0.3, -0.25) is 4.90 Å². The Labute approximate surface area is 110 Å². The van der Waals surface area contributed by atoms with Gasteiger partial charge in [0.1, 0.15) is 0 Å². The SMILES string of the molecule is CSC1(CN(C)CCN2CCNCC2)CCC1. The summed E-state index contributed by atoms with van der Waals surface area (Å²) >= 11 is 2.08. The van der Waals surface area contributed by atoms with E-state index in [0.29, 0.717) is 4.75 Å². The van der Waals surface area contributed by atoms with Gasteiger partial charge >= 0.3 is 0 Å². The fourth-order valence-electron chi connectivity index (χ4n) is 2.82. The smallest absolute Gasteiger partial charge is 0.0284 e. The van der Waals surface area contributed by atoms with Crippen molar-refractivity contribution in [1.82, 2.24) is 15.1 Å². The Bertz CT molecular complexity index is 219. The van der Waals surface area contributed by atoms with Crippen molar-refractivity contribution in [3.63, 3.8) is 0 Å². The Morgan fingerprint density at radius 1 is 1.29 bits per heavy atom. The first-order valence-electron chi connectivity index (χ1n) is 6.91. The van der Waals surface area contributed by atoms with Gasteiger partial charge in [0.15, 0.2) is 0 Å². The van der Waals surface area contributed by atoms with Crippen LogP contribution in [0, 0.1) is 0 Å². The molecule has 2 fully saturated rings. The van der Waals surface area contributed by atoms with E-state index in [2.05, 4.69) is 40.2 Å². The minimum atomic E-state index is 0.595. The minimum Gasteiger partial charge on any atom is -0.314 e. The number of hydrogen-bond donors (Lipinski definition) is 1. The van der Waals surface area contributed by atoms with Crippen LogP contribution in [0.3, 0.4) is 0 Å². The van der Waals surface area contributed by atoms with Gasteiger partial charge in [0, 0.05) is 50.6 Å². The summed E-state index contributed by atoms with van der Waals surface area (Å²) in [6, 6.07) is 0. The summed E-state index contributed by atoms with van der Waals surface area (Å²) in [6.07, 6.45) is 6.56. The highest BCUT2D eigenvalue weighted by molar-refractivity contribution is 8.00. The van der Waals surface area contributed by atoms with Crippen molar-refractivity contribution in [3.8, 4) is 0 Å². The lowest BCUT2D eigenvalue weighted by molar-refractivity contribution is 0.182. The van der Waals surface area contributed by atoms with Crippen LogP contribution in [0.5, 0.6) is 0 Å². The number of likely N-dealkylation sites (N-methyl/N-ethyl adjacent to an activating group) is 1. The van der Waals surface area contributed by atoms with Crippen molar-refractivity contribution in [2.75, 3.05) is 59.1 Å². The van der Waals surface area contributed by atoms with E-state index in [9.17, 15) is 0 Å². The maximum absolute atomic E-state index is 3.41. The average molecular weight is 257 g/mol. The van der Waals surface area contributed by atoms with Crippen LogP contribution in [-0.4, -0.2) is 73.7 Å². The van der Waals surface area contributed by atoms with Crippen LogP contribution >= 0.6 is 11.8 Å². The van der Waals surface area contributed by atoms with E-state index in [1.807, 2.05) is 0 Å². The van der Waals surface area contributed by atoms with Crippen LogP contribution in [0.25, 0.3) is 0 Å². The molecule has 1 aliphatic carbocycles. The number of nitrogens with zero attached hydrogens (tertiary/aromatic N) is 2. The van der Waals surface area contributed by atoms with Gasteiger partial charge in [-0.05, 0) is 26.1 Å². The first kappa shape index (κ1) is 13.7. The molecule has 3 nitrogen and oxygen atoms in total. The van der Waals surface area contributed by atoms with E-state index in [1.165, 1.54) is 65.1 Å². The highest BCUT2D eigenvalue weighted by atomic mass is 32.2. The van der Waals surface area contributed by atoms with Crippen LogP contribution < -0.4 is 5.32 Å². The van der Waals surface area contributed by atoms with Crippen molar-refractivity contribution in [1.29, 1.82) is 0 Å². The molecule has 1 N–H and O–H groups in total. The quantitative estimate of drug-likeness (QED) is 0.768. The van der Waals surface area contributed by atoms with Gasteiger partial charge in [0.05, 0.1) is 0 Å². The summed E-state index contributed by atoms with van der Waals surface area (Å²) in [6.45, 7) is 8.52. The first-order valence-corrected chi connectivity index (χ1v) is 8.13. The molecule has 0 bridgehead atoms. The summed E-state index contributed by atoms with van der Waals surface area (Å²) in [5.74, 6) is 0. The van der Waals surface area contributed by atoms with Gasteiger partial charge in [-0.1, -0.05) is 6.42 Å². The lowest BCUT2D eigenvalue weighted by atomic mass is 9.84. The highest BCUT2D eigenvalue weighted by Crippen LogP contribution is 2.43. The summed E-state index contributed by atoms with van der Waals surface area (Å²) in [4.78, 5) is 5.12. The molecular formula is C13H27N3S. The molecule has 1 saturated carbocycles. The lowest BCUT2D eigenvalue weighted by Crippen LogP contribution is -2.48. The molecule has 0 atom stereocenters. The number of rotatable bonds is 6. The third-order valence-corrected chi connectivity index (χ3v) is 5.67. The molecule has 4 heteroatoms. The van der Waals surface area contributed by atoms with Crippen molar-refractivity contribution >= 4 is 11.8 Å². The molecule has 2 aliphatic rings. The Morgan fingerprint density at radius 2 is 2.00 bits per heavy atom.